The molecule has 2 aromatic rings. The number of benzene rings is 2. The van der Waals surface area contributed by atoms with Crippen LogP contribution in [-0.4, -0.2) is 24.6 Å². The van der Waals surface area contributed by atoms with E-state index in [2.05, 4.69) is 42.6 Å². The molecule has 0 amide bonds. The second-order valence-corrected chi connectivity index (χ2v) is 6.80. The van der Waals surface area contributed by atoms with Crippen molar-refractivity contribution in [2.45, 2.75) is 36.4 Å². The first-order valence-corrected chi connectivity index (χ1v) is 9.10. The van der Waals surface area contributed by atoms with Crippen molar-refractivity contribution in [2.24, 2.45) is 0 Å². The lowest BCUT2D eigenvalue weighted by atomic mass is 10.0. The summed E-state index contributed by atoms with van der Waals surface area (Å²) >= 11 is 1.68. The first-order chi connectivity index (χ1) is 11.1. The van der Waals surface area contributed by atoms with E-state index in [1.807, 2.05) is 18.4 Å². The normalized spacial score (nSPS) is 21.0. The SMILES string of the molecule is COc1cc(C(C)NC2c3ccccc3CC2O)ccc1SC. The number of ether oxygens (including phenoxy) is 1. The molecule has 0 saturated heterocycles. The number of nitrogens with one attached hydrogen (secondary N) is 1. The van der Waals surface area contributed by atoms with Gasteiger partial charge >= 0.3 is 0 Å². The molecule has 3 unspecified atom stereocenters. The number of methoxy groups -OCH3 is 1. The van der Waals surface area contributed by atoms with Gasteiger partial charge in [-0.25, -0.2) is 0 Å². The van der Waals surface area contributed by atoms with Gasteiger partial charge in [0.1, 0.15) is 5.75 Å². The Bertz CT molecular complexity index is 689. The molecule has 23 heavy (non-hydrogen) atoms. The van der Waals surface area contributed by atoms with Crippen molar-refractivity contribution in [1.82, 2.24) is 5.32 Å². The van der Waals surface area contributed by atoms with E-state index in [0.717, 1.165) is 22.6 Å². The van der Waals surface area contributed by atoms with E-state index in [9.17, 15) is 5.11 Å². The predicted molar refractivity (Wildman–Crippen MR) is 95.2 cm³/mol. The van der Waals surface area contributed by atoms with E-state index >= 15 is 0 Å². The van der Waals surface area contributed by atoms with Gasteiger partial charge in [0, 0.05) is 17.4 Å². The highest BCUT2D eigenvalue weighted by Crippen LogP contribution is 2.35. The summed E-state index contributed by atoms with van der Waals surface area (Å²) in [6.07, 6.45) is 2.39. The van der Waals surface area contributed by atoms with Crippen LogP contribution in [0.3, 0.4) is 0 Å². The minimum absolute atomic E-state index is 0.0209. The van der Waals surface area contributed by atoms with Crippen molar-refractivity contribution in [2.75, 3.05) is 13.4 Å². The van der Waals surface area contributed by atoms with Crippen molar-refractivity contribution < 1.29 is 9.84 Å². The van der Waals surface area contributed by atoms with Crippen LogP contribution < -0.4 is 10.1 Å². The van der Waals surface area contributed by atoms with Crippen LogP contribution in [0.1, 0.15) is 35.7 Å². The molecule has 3 rings (SSSR count). The minimum atomic E-state index is -0.373. The Morgan fingerprint density at radius 2 is 2.04 bits per heavy atom. The molecule has 1 aliphatic rings. The number of aliphatic hydroxyl groups is 1. The van der Waals surface area contributed by atoms with E-state index in [4.69, 9.17) is 4.74 Å². The average Bonchev–Trinajstić information content (AvgIpc) is 2.89. The van der Waals surface area contributed by atoms with Crippen LogP contribution in [0, 0.1) is 0 Å². The van der Waals surface area contributed by atoms with Crippen molar-refractivity contribution >= 4 is 11.8 Å². The lowest BCUT2D eigenvalue weighted by Gasteiger charge is -2.24. The number of thioether (sulfide) groups is 1. The first-order valence-electron chi connectivity index (χ1n) is 7.88. The zero-order chi connectivity index (χ0) is 16.4. The number of hydrogen-bond acceptors (Lipinski definition) is 4. The van der Waals surface area contributed by atoms with Crippen LogP contribution in [0.25, 0.3) is 0 Å². The van der Waals surface area contributed by atoms with E-state index in [-0.39, 0.29) is 18.2 Å². The molecule has 1 aliphatic carbocycles. The highest BCUT2D eigenvalue weighted by atomic mass is 32.2. The van der Waals surface area contributed by atoms with Crippen molar-refractivity contribution in [3.05, 3.63) is 59.2 Å². The molecule has 2 aromatic carbocycles. The Balaban J connectivity index is 1.81. The van der Waals surface area contributed by atoms with Gasteiger partial charge in [0.2, 0.25) is 0 Å². The quantitative estimate of drug-likeness (QED) is 0.820. The Kier molecular flexibility index (Phi) is 4.95. The van der Waals surface area contributed by atoms with E-state index in [1.54, 1.807) is 18.9 Å². The topological polar surface area (TPSA) is 41.5 Å². The third-order valence-electron chi connectivity index (χ3n) is 4.54. The molecule has 0 saturated carbocycles. The van der Waals surface area contributed by atoms with Gasteiger partial charge in [-0.15, -0.1) is 11.8 Å². The molecule has 0 heterocycles. The lowest BCUT2D eigenvalue weighted by molar-refractivity contribution is 0.136. The third-order valence-corrected chi connectivity index (χ3v) is 5.32. The zero-order valence-electron chi connectivity index (χ0n) is 13.7. The van der Waals surface area contributed by atoms with Gasteiger partial charge in [-0.1, -0.05) is 30.3 Å². The molecule has 0 spiro atoms. The summed E-state index contributed by atoms with van der Waals surface area (Å²) in [5.74, 6) is 0.899. The molecular formula is C19H23NO2S. The highest BCUT2D eigenvalue weighted by Gasteiger charge is 2.31. The molecule has 3 atom stereocenters. The smallest absolute Gasteiger partial charge is 0.132 e. The fourth-order valence-corrected chi connectivity index (χ4v) is 3.81. The Morgan fingerprint density at radius 3 is 2.78 bits per heavy atom. The molecule has 4 heteroatoms. The zero-order valence-corrected chi connectivity index (χ0v) is 14.6. The van der Waals surface area contributed by atoms with Gasteiger partial charge in [-0.05, 0) is 42.0 Å². The average molecular weight is 329 g/mol. The molecular weight excluding hydrogens is 306 g/mol. The van der Waals surface area contributed by atoms with Gasteiger partial charge in [0.15, 0.2) is 0 Å². The second-order valence-electron chi connectivity index (χ2n) is 5.95. The van der Waals surface area contributed by atoms with Gasteiger partial charge in [-0.2, -0.15) is 0 Å². The predicted octanol–water partition coefficient (Wildman–Crippen LogP) is 3.73. The highest BCUT2D eigenvalue weighted by molar-refractivity contribution is 7.98. The van der Waals surface area contributed by atoms with Gasteiger partial charge in [-0.3, -0.25) is 0 Å². The molecule has 0 fully saturated rings. The maximum atomic E-state index is 10.4. The van der Waals surface area contributed by atoms with Gasteiger partial charge < -0.3 is 15.2 Å². The molecule has 0 bridgehead atoms. The van der Waals surface area contributed by atoms with Crippen LogP contribution in [0.5, 0.6) is 5.75 Å². The summed E-state index contributed by atoms with van der Waals surface area (Å²) in [5, 5.41) is 14.0. The Labute approximate surface area is 142 Å². The second kappa shape index (κ2) is 6.95. The van der Waals surface area contributed by atoms with E-state index in [1.165, 1.54) is 11.1 Å². The summed E-state index contributed by atoms with van der Waals surface area (Å²) in [6.45, 7) is 2.13. The van der Waals surface area contributed by atoms with Crippen LogP contribution in [0.2, 0.25) is 0 Å². The maximum Gasteiger partial charge on any atom is 0.132 e. The lowest BCUT2D eigenvalue weighted by Crippen LogP contribution is -2.31. The standard InChI is InChI=1S/C19H23NO2S/c1-12(13-8-9-18(23-3)17(11-13)22-2)20-19-15-7-5-4-6-14(15)10-16(19)21/h4-9,11-12,16,19-21H,10H2,1-3H3. The molecule has 0 radical (unpaired) electrons. The number of rotatable bonds is 5. The van der Waals surface area contributed by atoms with Crippen LogP contribution >= 0.6 is 11.8 Å². The van der Waals surface area contributed by atoms with Crippen LogP contribution in [0.4, 0.5) is 0 Å². The Morgan fingerprint density at radius 1 is 1.26 bits per heavy atom. The summed E-state index contributed by atoms with van der Waals surface area (Å²) in [7, 11) is 1.70. The molecule has 0 aliphatic heterocycles. The number of aliphatic hydroxyl groups excluding tert-OH is 1. The third kappa shape index (κ3) is 3.25. The van der Waals surface area contributed by atoms with Crippen LogP contribution in [-0.2, 0) is 6.42 Å². The molecule has 2 N–H and O–H groups in total. The fraction of sp³-hybridized carbons (Fsp3) is 0.368. The first kappa shape index (κ1) is 16.4. The maximum absolute atomic E-state index is 10.4. The summed E-state index contributed by atoms with van der Waals surface area (Å²) in [6, 6.07) is 14.7. The molecule has 3 nitrogen and oxygen atoms in total. The summed E-state index contributed by atoms with van der Waals surface area (Å²) < 4.78 is 5.48. The minimum Gasteiger partial charge on any atom is -0.496 e. The van der Waals surface area contributed by atoms with E-state index in [0.29, 0.717) is 0 Å². The van der Waals surface area contributed by atoms with E-state index < -0.39 is 0 Å². The molecule has 0 aromatic heterocycles. The van der Waals surface area contributed by atoms with Crippen molar-refractivity contribution in [3.8, 4) is 5.75 Å². The fourth-order valence-electron chi connectivity index (χ4n) is 3.26. The van der Waals surface area contributed by atoms with Gasteiger partial charge in [0.05, 0.1) is 19.3 Å². The summed E-state index contributed by atoms with van der Waals surface area (Å²) in [5.41, 5.74) is 3.61. The summed E-state index contributed by atoms with van der Waals surface area (Å²) in [4.78, 5) is 1.13. The monoisotopic (exact) mass is 329 g/mol. The molecule has 122 valence electrons. The largest absolute Gasteiger partial charge is 0.496 e. The van der Waals surface area contributed by atoms with Crippen molar-refractivity contribution in [3.63, 3.8) is 0 Å². The number of fused-ring (bicyclic) bond motifs is 1. The number of hydrogen-bond donors (Lipinski definition) is 2. The van der Waals surface area contributed by atoms with Crippen molar-refractivity contribution in [1.29, 1.82) is 0 Å². The Hall–Kier alpha value is -1.49. The van der Waals surface area contributed by atoms with Gasteiger partial charge in [0.25, 0.3) is 0 Å². The van der Waals surface area contributed by atoms with Crippen LogP contribution in [0.15, 0.2) is 47.4 Å².